The molecule has 0 bridgehead atoms. The van der Waals surface area contributed by atoms with Crippen molar-refractivity contribution < 1.29 is 17.2 Å². The van der Waals surface area contributed by atoms with Gasteiger partial charge >= 0.3 is 0 Å². The van der Waals surface area contributed by atoms with Gasteiger partial charge < -0.3 is 0 Å². The van der Waals surface area contributed by atoms with E-state index >= 15 is 0 Å². The highest BCUT2D eigenvalue weighted by atomic mass is 79.9. The normalized spacial score (nSPS) is 12.1. The molecule has 1 rings (SSSR count). The van der Waals surface area contributed by atoms with Crippen molar-refractivity contribution in [3.63, 3.8) is 0 Å². The number of nitrogens with zero attached hydrogens (tertiary/aromatic N) is 1. The van der Waals surface area contributed by atoms with Crippen LogP contribution in [0, 0.1) is 0 Å². The topological polar surface area (TPSA) is 47.0 Å². The van der Waals surface area contributed by atoms with Gasteiger partial charge in [0, 0.05) is 10.7 Å². The highest BCUT2D eigenvalue weighted by Gasteiger charge is 2.19. The Morgan fingerprint density at radius 1 is 1.43 bits per heavy atom. The molecule has 1 heterocycles. The van der Waals surface area contributed by atoms with E-state index in [0.717, 1.165) is 12.1 Å². The van der Waals surface area contributed by atoms with Gasteiger partial charge in [-0.25, -0.2) is 22.2 Å². The van der Waals surface area contributed by atoms with Crippen molar-refractivity contribution in [3.05, 3.63) is 22.3 Å². The molecule has 8 heteroatoms. The van der Waals surface area contributed by atoms with Crippen LogP contribution in [0.2, 0.25) is 0 Å². The quantitative estimate of drug-likeness (QED) is 0.789. The molecular weight excluding hydrogens is 303 g/mol. The van der Waals surface area contributed by atoms with E-state index in [4.69, 9.17) is 10.7 Å². The highest BCUT2D eigenvalue weighted by molar-refractivity contribution is 9.10. The Balaban J connectivity index is 3.37. The summed E-state index contributed by atoms with van der Waals surface area (Å²) in [5, 5.41) is -0.600. The number of hydrogen-bond donors (Lipinski definition) is 0. The van der Waals surface area contributed by atoms with Gasteiger partial charge in [0.25, 0.3) is 15.5 Å². The highest BCUT2D eigenvalue weighted by Crippen LogP contribution is 2.26. The average molecular weight is 307 g/mol. The van der Waals surface area contributed by atoms with Gasteiger partial charge in [-0.1, -0.05) is 0 Å². The molecule has 0 spiro atoms. The van der Waals surface area contributed by atoms with Gasteiger partial charge in [0.15, 0.2) is 5.03 Å². The second-order valence-electron chi connectivity index (χ2n) is 2.26. The van der Waals surface area contributed by atoms with E-state index in [9.17, 15) is 17.2 Å². The average Bonchev–Trinajstić information content (AvgIpc) is 2.02. The Morgan fingerprint density at radius 2 is 2.00 bits per heavy atom. The molecule has 1 aromatic heterocycles. The van der Waals surface area contributed by atoms with Gasteiger partial charge in [0.1, 0.15) is 5.69 Å². The summed E-state index contributed by atoms with van der Waals surface area (Å²) in [6.45, 7) is 0. The number of halogens is 4. The number of aromatic nitrogens is 1. The van der Waals surface area contributed by atoms with Crippen LogP contribution in [0.25, 0.3) is 0 Å². The van der Waals surface area contributed by atoms with Gasteiger partial charge in [0.05, 0.1) is 4.47 Å². The van der Waals surface area contributed by atoms with Crippen molar-refractivity contribution >= 4 is 35.7 Å². The van der Waals surface area contributed by atoms with Gasteiger partial charge in [-0.2, -0.15) is 0 Å². The second-order valence-corrected chi connectivity index (χ2v) is 5.60. The summed E-state index contributed by atoms with van der Waals surface area (Å²) in [6.07, 6.45) is -2.83. The van der Waals surface area contributed by atoms with Crippen molar-refractivity contribution in [2.45, 2.75) is 11.5 Å². The maximum absolute atomic E-state index is 12.2. The van der Waals surface area contributed by atoms with Crippen LogP contribution >= 0.6 is 26.6 Å². The summed E-state index contributed by atoms with van der Waals surface area (Å²) >= 11 is 2.84. The fourth-order valence-corrected chi connectivity index (χ4v) is 2.74. The Hall–Kier alpha value is -0.270. The molecule has 0 aliphatic heterocycles. The Morgan fingerprint density at radius 3 is 2.43 bits per heavy atom. The molecule has 78 valence electrons. The summed E-state index contributed by atoms with van der Waals surface area (Å²) < 4.78 is 46.1. The first kappa shape index (κ1) is 11.8. The van der Waals surface area contributed by atoms with Crippen LogP contribution < -0.4 is 0 Å². The summed E-state index contributed by atoms with van der Waals surface area (Å²) in [6, 6.07) is 2.17. The van der Waals surface area contributed by atoms with E-state index < -0.39 is 26.2 Å². The molecule has 0 amide bonds. The number of pyridine rings is 1. The lowest BCUT2D eigenvalue weighted by Gasteiger charge is -2.02. The fourth-order valence-electron chi connectivity index (χ4n) is 0.730. The predicted molar refractivity (Wildman–Crippen MR) is 49.9 cm³/mol. The van der Waals surface area contributed by atoms with E-state index in [1.165, 1.54) is 0 Å². The lowest BCUT2D eigenvalue weighted by Crippen LogP contribution is -2.00. The molecule has 1 aromatic rings. The molecule has 0 unspecified atom stereocenters. The van der Waals surface area contributed by atoms with Crippen LogP contribution in [0.1, 0.15) is 12.1 Å². The first-order chi connectivity index (χ1) is 6.32. The van der Waals surface area contributed by atoms with E-state index in [2.05, 4.69) is 20.9 Å². The Kier molecular flexibility index (Phi) is 3.44. The van der Waals surface area contributed by atoms with Gasteiger partial charge in [-0.05, 0) is 28.1 Å². The first-order valence-corrected chi connectivity index (χ1v) is 6.32. The van der Waals surface area contributed by atoms with Crippen molar-refractivity contribution in [1.82, 2.24) is 4.98 Å². The molecule has 0 aliphatic rings. The third-order valence-corrected chi connectivity index (χ3v) is 3.40. The third kappa shape index (κ3) is 2.61. The number of alkyl halides is 2. The summed E-state index contributed by atoms with van der Waals surface area (Å²) in [4.78, 5) is 3.23. The zero-order valence-corrected chi connectivity index (χ0v) is 9.57. The summed E-state index contributed by atoms with van der Waals surface area (Å²) in [7, 11) is 0.867. The molecule has 0 aromatic carbocycles. The minimum Gasteiger partial charge on any atom is -0.233 e. The molecule has 0 N–H and O–H groups in total. The molecule has 0 saturated heterocycles. The molecule has 0 radical (unpaired) electrons. The van der Waals surface area contributed by atoms with Crippen LogP contribution in [0.15, 0.2) is 21.6 Å². The molecular formula is C6H3BrClF2NO2S. The molecule has 0 saturated carbocycles. The Labute approximate surface area is 91.6 Å². The van der Waals surface area contributed by atoms with Gasteiger partial charge in [-0.3, -0.25) is 0 Å². The van der Waals surface area contributed by atoms with Crippen molar-refractivity contribution in [2.24, 2.45) is 0 Å². The van der Waals surface area contributed by atoms with Crippen molar-refractivity contribution in [2.75, 3.05) is 0 Å². The van der Waals surface area contributed by atoms with E-state index in [1.807, 2.05) is 0 Å². The van der Waals surface area contributed by atoms with Gasteiger partial charge in [-0.15, -0.1) is 0 Å². The smallest absolute Gasteiger partial charge is 0.233 e. The van der Waals surface area contributed by atoms with Crippen LogP contribution in [0.4, 0.5) is 8.78 Å². The predicted octanol–water partition coefficient (Wildman–Crippen LogP) is 2.71. The zero-order valence-electron chi connectivity index (χ0n) is 6.42. The maximum atomic E-state index is 12.2. The van der Waals surface area contributed by atoms with E-state index in [1.54, 1.807) is 0 Å². The van der Waals surface area contributed by atoms with Crippen LogP contribution in [-0.4, -0.2) is 13.4 Å². The maximum Gasteiger partial charge on any atom is 0.280 e. The first-order valence-electron chi connectivity index (χ1n) is 3.21. The Bertz CT molecular complexity index is 451. The molecule has 0 fully saturated rings. The summed E-state index contributed by atoms with van der Waals surface area (Å²) in [5.41, 5.74) is -0.632. The van der Waals surface area contributed by atoms with Crippen LogP contribution in [0.3, 0.4) is 0 Å². The monoisotopic (exact) mass is 305 g/mol. The zero-order chi connectivity index (χ0) is 10.9. The van der Waals surface area contributed by atoms with Crippen molar-refractivity contribution in [1.29, 1.82) is 0 Å². The molecule has 14 heavy (non-hydrogen) atoms. The lowest BCUT2D eigenvalue weighted by molar-refractivity contribution is 0.145. The van der Waals surface area contributed by atoms with Crippen molar-refractivity contribution in [3.8, 4) is 0 Å². The van der Waals surface area contributed by atoms with E-state index in [-0.39, 0.29) is 4.47 Å². The molecule has 3 nitrogen and oxygen atoms in total. The minimum absolute atomic E-state index is 0.0527. The summed E-state index contributed by atoms with van der Waals surface area (Å²) in [5.74, 6) is 0. The largest absolute Gasteiger partial charge is 0.280 e. The lowest BCUT2D eigenvalue weighted by atomic mass is 10.4. The fraction of sp³-hybridized carbons (Fsp3) is 0.167. The van der Waals surface area contributed by atoms with Crippen LogP contribution in [-0.2, 0) is 9.05 Å². The van der Waals surface area contributed by atoms with Crippen LogP contribution in [0.5, 0.6) is 0 Å². The van der Waals surface area contributed by atoms with Gasteiger partial charge in [0.2, 0.25) is 0 Å². The molecule has 0 atom stereocenters. The number of rotatable bonds is 2. The standard InChI is InChI=1S/C6H3BrClF2NO2S/c7-3-1-2-4(5(9)10)11-6(3)14(8,12)13/h1-2,5H. The molecule has 0 aliphatic carbocycles. The number of hydrogen-bond acceptors (Lipinski definition) is 3. The SMILES string of the molecule is O=S(=O)(Cl)c1nc(C(F)F)ccc1Br. The van der Waals surface area contributed by atoms with E-state index in [0.29, 0.717) is 0 Å². The minimum atomic E-state index is -4.11. The third-order valence-electron chi connectivity index (χ3n) is 1.29. The second kappa shape index (κ2) is 4.08.